The molecule has 4 nitrogen and oxygen atoms in total. The molecule has 0 aromatic rings. The zero-order valence-corrected chi connectivity index (χ0v) is 7.12. The molecule has 1 heterocycles. The fourth-order valence-corrected chi connectivity index (χ4v) is 1.53. The summed E-state index contributed by atoms with van der Waals surface area (Å²) in [6.45, 7) is 0.971. The van der Waals surface area contributed by atoms with Crippen LogP contribution in [0.2, 0.25) is 0 Å². The summed E-state index contributed by atoms with van der Waals surface area (Å²) in [4.78, 5) is 10.4. The SMILES string of the molecule is NC(=O)CCC(O)[C@@H]1CCCN1. The fourth-order valence-electron chi connectivity index (χ4n) is 1.53. The minimum Gasteiger partial charge on any atom is -0.391 e. The van der Waals surface area contributed by atoms with Crippen molar-refractivity contribution in [2.75, 3.05) is 6.54 Å². The van der Waals surface area contributed by atoms with Crippen molar-refractivity contribution in [2.45, 2.75) is 37.8 Å². The Labute approximate surface area is 72.1 Å². The second-order valence-corrected chi connectivity index (χ2v) is 3.28. The topological polar surface area (TPSA) is 75.4 Å². The van der Waals surface area contributed by atoms with E-state index in [4.69, 9.17) is 5.73 Å². The lowest BCUT2D eigenvalue weighted by Gasteiger charge is -2.16. The van der Waals surface area contributed by atoms with Crippen LogP contribution in [-0.4, -0.2) is 29.7 Å². The maximum absolute atomic E-state index is 10.4. The molecule has 0 bridgehead atoms. The molecule has 0 aliphatic carbocycles. The van der Waals surface area contributed by atoms with Crippen LogP contribution in [0.15, 0.2) is 0 Å². The minimum absolute atomic E-state index is 0.171. The van der Waals surface area contributed by atoms with Crippen molar-refractivity contribution in [3.63, 3.8) is 0 Å². The van der Waals surface area contributed by atoms with Gasteiger partial charge in [-0.15, -0.1) is 0 Å². The van der Waals surface area contributed by atoms with Crippen LogP contribution >= 0.6 is 0 Å². The van der Waals surface area contributed by atoms with Crippen LogP contribution in [0.4, 0.5) is 0 Å². The van der Waals surface area contributed by atoms with Gasteiger partial charge in [0.05, 0.1) is 6.10 Å². The molecular formula is C8H16N2O2. The molecule has 1 amide bonds. The average molecular weight is 172 g/mol. The molecule has 0 aromatic carbocycles. The van der Waals surface area contributed by atoms with Crippen LogP contribution in [-0.2, 0) is 4.79 Å². The van der Waals surface area contributed by atoms with E-state index in [1.807, 2.05) is 0 Å². The molecule has 0 spiro atoms. The highest BCUT2D eigenvalue weighted by molar-refractivity contribution is 5.73. The van der Waals surface area contributed by atoms with Crippen molar-refractivity contribution in [3.05, 3.63) is 0 Å². The third-order valence-electron chi connectivity index (χ3n) is 2.25. The third kappa shape index (κ3) is 2.79. The molecule has 0 radical (unpaired) electrons. The summed E-state index contributed by atoms with van der Waals surface area (Å²) in [6, 6.07) is 0.171. The molecule has 70 valence electrons. The zero-order chi connectivity index (χ0) is 8.97. The number of carbonyl (C=O) groups excluding carboxylic acids is 1. The van der Waals surface area contributed by atoms with Gasteiger partial charge in [-0.1, -0.05) is 0 Å². The van der Waals surface area contributed by atoms with E-state index in [0.717, 1.165) is 19.4 Å². The molecule has 1 fully saturated rings. The first-order valence-corrected chi connectivity index (χ1v) is 4.40. The molecular weight excluding hydrogens is 156 g/mol. The first-order valence-electron chi connectivity index (χ1n) is 4.40. The van der Waals surface area contributed by atoms with E-state index in [0.29, 0.717) is 6.42 Å². The number of nitrogens with two attached hydrogens (primary N) is 1. The van der Waals surface area contributed by atoms with E-state index in [1.165, 1.54) is 0 Å². The van der Waals surface area contributed by atoms with Gasteiger partial charge in [0.15, 0.2) is 0 Å². The van der Waals surface area contributed by atoms with Crippen molar-refractivity contribution in [1.29, 1.82) is 0 Å². The number of carbonyl (C=O) groups is 1. The highest BCUT2D eigenvalue weighted by Crippen LogP contribution is 2.12. The van der Waals surface area contributed by atoms with Gasteiger partial charge in [-0.2, -0.15) is 0 Å². The highest BCUT2D eigenvalue weighted by Gasteiger charge is 2.22. The van der Waals surface area contributed by atoms with E-state index in [-0.39, 0.29) is 18.4 Å². The normalized spacial score (nSPS) is 25.6. The number of primary amides is 1. The van der Waals surface area contributed by atoms with Crippen LogP contribution in [0, 0.1) is 0 Å². The van der Waals surface area contributed by atoms with Crippen LogP contribution < -0.4 is 11.1 Å². The molecule has 12 heavy (non-hydrogen) atoms. The molecule has 1 unspecified atom stereocenters. The number of rotatable bonds is 4. The molecule has 0 aromatic heterocycles. The summed E-state index contributed by atoms with van der Waals surface area (Å²) in [6.07, 6.45) is 2.45. The van der Waals surface area contributed by atoms with Crippen LogP contribution in [0.3, 0.4) is 0 Å². The summed E-state index contributed by atoms with van der Waals surface area (Å²) < 4.78 is 0. The zero-order valence-electron chi connectivity index (χ0n) is 7.12. The number of aliphatic hydroxyl groups excluding tert-OH is 1. The fraction of sp³-hybridized carbons (Fsp3) is 0.875. The Kier molecular flexibility index (Phi) is 3.49. The summed E-state index contributed by atoms with van der Waals surface area (Å²) in [5.41, 5.74) is 4.97. The maximum atomic E-state index is 10.4. The minimum atomic E-state index is -0.417. The first kappa shape index (κ1) is 9.48. The van der Waals surface area contributed by atoms with Gasteiger partial charge in [-0.05, 0) is 25.8 Å². The Balaban J connectivity index is 2.17. The Bertz CT molecular complexity index is 155. The average Bonchev–Trinajstić information content (AvgIpc) is 2.51. The third-order valence-corrected chi connectivity index (χ3v) is 2.25. The monoisotopic (exact) mass is 172 g/mol. The molecule has 1 saturated heterocycles. The first-order chi connectivity index (χ1) is 5.70. The lowest BCUT2D eigenvalue weighted by Crippen LogP contribution is -2.35. The number of amides is 1. The predicted molar refractivity (Wildman–Crippen MR) is 45.5 cm³/mol. The summed E-state index contributed by atoms with van der Waals surface area (Å²) in [7, 11) is 0. The molecule has 1 aliphatic heterocycles. The van der Waals surface area contributed by atoms with Crippen molar-refractivity contribution in [2.24, 2.45) is 5.73 Å². The number of nitrogens with one attached hydrogen (secondary N) is 1. The van der Waals surface area contributed by atoms with Gasteiger partial charge in [0.1, 0.15) is 0 Å². The van der Waals surface area contributed by atoms with E-state index < -0.39 is 6.10 Å². The lowest BCUT2D eigenvalue weighted by atomic mass is 10.0. The number of hydrogen-bond acceptors (Lipinski definition) is 3. The van der Waals surface area contributed by atoms with Gasteiger partial charge in [0, 0.05) is 12.5 Å². The predicted octanol–water partition coefficient (Wildman–Crippen LogP) is -0.635. The van der Waals surface area contributed by atoms with Gasteiger partial charge in [-0.25, -0.2) is 0 Å². The Morgan fingerprint density at radius 2 is 2.50 bits per heavy atom. The maximum Gasteiger partial charge on any atom is 0.217 e. The molecule has 1 aliphatic rings. The Morgan fingerprint density at radius 3 is 3.00 bits per heavy atom. The van der Waals surface area contributed by atoms with Gasteiger partial charge >= 0.3 is 0 Å². The largest absolute Gasteiger partial charge is 0.391 e. The van der Waals surface area contributed by atoms with E-state index in [2.05, 4.69) is 5.32 Å². The standard InChI is InChI=1S/C8H16N2O2/c9-8(12)4-3-7(11)6-2-1-5-10-6/h6-7,10-11H,1-5H2,(H2,9,12)/t6-,7?/m0/s1. The van der Waals surface area contributed by atoms with Crippen molar-refractivity contribution >= 4 is 5.91 Å². The summed E-state index contributed by atoms with van der Waals surface area (Å²) in [5.74, 6) is -0.341. The summed E-state index contributed by atoms with van der Waals surface area (Å²) in [5, 5.41) is 12.7. The highest BCUT2D eigenvalue weighted by atomic mass is 16.3. The molecule has 2 atom stereocenters. The van der Waals surface area contributed by atoms with E-state index in [1.54, 1.807) is 0 Å². The van der Waals surface area contributed by atoms with Crippen LogP contribution in [0.1, 0.15) is 25.7 Å². The van der Waals surface area contributed by atoms with Crippen molar-refractivity contribution < 1.29 is 9.90 Å². The van der Waals surface area contributed by atoms with E-state index in [9.17, 15) is 9.90 Å². The molecule has 0 saturated carbocycles. The van der Waals surface area contributed by atoms with Crippen molar-refractivity contribution in [3.8, 4) is 0 Å². The van der Waals surface area contributed by atoms with Gasteiger partial charge < -0.3 is 16.2 Å². The quantitative estimate of drug-likeness (QED) is 0.528. The molecule has 4 N–H and O–H groups in total. The Hall–Kier alpha value is -0.610. The van der Waals surface area contributed by atoms with Gasteiger partial charge in [-0.3, -0.25) is 4.79 Å². The summed E-state index contributed by atoms with van der Waals surface area (Å²) >= 11 is 0. The van der Waals surface area contributed by atoms with E-state index >= 15 is 0 Å². The number of aliphatic hydroxyl groups is 1. The second kappa shape index (κ2) is 4.42. The van der Waals surface area contributed by atoms with Gasteiger partial charge in [0.2, 0.25) is 5.91 Å². The Morgan fingerprint density at radius 1 is 1.75 bits per heavy atom. The smallest absolute Gasteiger partial charge is 0.217 e. The van der Waals surface area contributed by atoms with Crippen molar-refractivity contribution in [1.82, 2.24) is 5.32 Å². The van der Waals surface area contributed by atoms with Crippen LogP contribution in [0.5, 0.6) is 0 Å². The van der Waals surface area contributed by atoms with Gasteiger partial charge in [0.25, 0.3) is 0 Å². The molecule has 1 rings (SSSR count). The number of hydrogen-bond donors (Lipinski definition) is 3. The lowest BCUT2D eigenvalue weighted by molar-refractivity contribution is -0.118. The molecule has 4 heteroatoms. The van der Waals surface area contributed by atoms with Crippen LogP contribution in [0.25, 0.3) is 0 Å². The second-order valence-electron chi connectivity index (χ2n) is 3.28.